The minimum atomic E-state index is -0.350. The van der Waals surface area contributed by atoms with E-state index >= 15 is 0 Å². The summed E-state index contributed by atoms with van der Waals surface area (Å²) in [5, 5.41) is 0. The Morgan fingerprint density at radius 1 is 0.955 bits per heavy atom. The van der Waals surface area contributed by atoms with Crippen molar-refractivity contribution >= 4 is 17.8 Å². The highest BCUT2D eigenvalue weighted by atomic mass is 16.7. The normalized spacial score (nSPS) is 17.5. The van der Waals surface area contributed by atoms with Gasteiger partial charge in [0.05, 0.1) is 5.57 Å². The maximum absolute atomic E-state index is 12.0. The number of cyclic esters (lactones) is 1. The number of rotatable bonds is 2. The van der Waals surface area contributed by atoms with Crippen LogP contribution >= 0.6 is 0 Å². The Morgan fingerprint density at radius 2 is 1.77 bits per heavy atom. The largest absolute Gasteiger partial charge is 0.454 e. The van der Waals surface area contributed by atoms with Crippen LogP contribution in [0.1, 0.15) is 11.1 Å². The second-order valence-electron chi connectivity index (χ2n) is 4.98. The lowest BCUT2D eigenvalue weighted by Gasteiger charge is -2.00. The van der Waals surface area contributed by atoms with Crippen LogP contribution in [0.3, 0.4) is 0 Å². The molecule has 4 rings (SSSR count). The third-order valence-corrected chi connectivity index (χ3v) is 3.50. The summed E-state index contributed by atoms with van der Waals surface area (Å²) in [6.07, 6.45) is 3.53. The lowest BCUT2D eigenvalue weighted by molar-refractivity contribution is -0.130. The van der Waals surface area contributed by atoms with E-state index in [-0.39, 0.29) is 12.8 Å². The van der Waals surface area contributed by atoms with Crippen LogP contribution < -0.4 is 9.47 Å². The van der Waals surface area contributed by atoms with E-state index in [2.05, 4.69) is 0 Å². The smallest absolute Gasteiger partial charge is 0.343 e. The number of benzene rings is 2. The maximum atomic E-state index is 12.0. The van der Waals surface area contributed by atoms with Gasteiger partial charge in [0.25, 0.3) is 0 Å². The molecular formula is C18H12O4. The Labute approximate surface area is 127 Å². The predicted octanol–water partition coefficient (Wildman–Crippen LogP) is 3.40. The highest BCUT2D eigenvalue weighted by Crippen LogP contribution is 2.34. The van der Waals surface area contributed by atoms with E-state index in [1.54, 1.807) is 12.2 Å². The van der Waals surface area contributed by atoms with Gasteiger partial charge in [0.2, 0.25) is 6.79 Å². The van der Waals surface area contributed by atoms with E-state index < -0.39 is 0 Å². The number of ether oxygens (including phenoxy) is 3. The Bertz CT molecular complexity index is 803. The summed E-state index contributed by atoms with van der Waals surface area (Å²) in [7, 11) is 0. The molecule has 0 aliphatic carbocycles. The summed E-state index contributed by atoms with van der Waals surface area (Å²) in [5.41, 5.74) is 2.25. The SMILES string of the molecule is O=C1OC(c2ccccc2)=C/C1=C/c1ccc2c(c1)OCO2. The van der Waals surface area contributed by atoms with Crippen LogP contribution in [0.25, 0.3) is 11.8 Å². The molecule has 4 nitrogen and oxygen atoms in total. The highest BCUT2D eigenvalue weighted by Gasteiger charge is 2.22. The molecule has 2 aliphatic rings. The molecule has 2 aromatic carbocycles. The molecule has 4 heteroatoms. The second-order valence-corrected chi connectivity index (χ2v) is 4.98. The minimum Gasteiger partial charge on any atom is -0.454 e. The molecule has 0 radical (unpaired) electrons. The second kappa shape index (κ2) is 5.07. The van der Waals surface area contributed by atoms with Crippen molar-refractivity contribution in [1.82, 2.24) is 0 Å². The Balaban J connectivity index is 1.67. The van der Waals surface area contributed by atoms with Crippen LogP contribution in [0, 0.1) is 0 Å². The standard InChI is InChI=1S/C18H12O4/c19-18-14(10-16(22-18)13-4-2-1-3-5-13)8-12-6-7-15-17(9-12)21-11-20-15/h1-10H,11H2/b14-8-. The van der Waals surface area contributed by atoms with Crippen LogP contribution in [0.5, 0.6) is 11.5 Å². The lowest BCUT2D eigenvalue weighted by atomic mass is 10.1. The van der Waals surface area contributed by atoms with Crippen LogP contribution in [0.15, 0.2) is 60.2 Å². The van der Waals surface area contributed by atoms with E-state index in [4.69, 9.17) is 14.2 Å². The number of carbonyl (C=O) groups excluding carboxylic acids is 1. The molecule has 0 saturated carbocycles. The first-order valence-corrected chi connectivity index (χ1v) is 6.90. The molecule has 0 aromatic heterocycles. The van der Waals surface area contributed by atoms with Crippen molar-refractivity contribution < 1.29 is 19.0 Å². The summed E-state index contributed by atoms with van der Waals surface area (Å²) in [4.78, 5) is 12.0. The van der Waals surface area contributed by atoms with Crippen molar-refractivity contribution in [3.8, 4) is 11.5 Å². The molecular weight excluding hydrogens is 280 g/mol. The molecule has 0 atom stereocenters. The van der Waals surface area contributed by atoms with Gasteiger partial charge in [0, 0.05) is 5.56 Å². The van der Waals surface area contributed by atoms with Crippen molar-refractivity contribution in [1.29, 1.82) is 0 Å². The topological polar surface area (TPSA) is 44.8 Å². The summed E-state index contributed by atoms with van der Waals surface area (Å²) in [6.45, 7) is 0.232. The molecule has 0 spiro atoms. The Morgan fingerprint density at radius 3 is 2.64 bits per heavy atom. The lowest BCUT2D eigenvalue weighted by Crippen LogP contribution is -1.97. The summed E-state index contributed by atoms with van der Waals surface area (Å²) >= 11 is 0. The van der Waals surface area contributed by atoms with Crippen molar-refractivity contribution in [2.45, 2.75) is 0 Å². The van der Waals surface area contributed by atoms with Gasteiger partial charge in [-0.1, -0.05) is 36.4 Å². The van der Waals surface area contributed by atoms with Gasteiger partial charge >= 0.3 is 5.97 Å². The first kappa shape index (κ1) is 12.7. The first-order chi connectivity index (χ1) is 10.8. The van der Waals surface area contributed by atoms with E-state index in [1.807, 2.05) is 48.5 Å². The van der Waals surface area contributed by atoms with Crippen LogP contribution in [0.4, 0.5) is 0 Å². The third kappa shape index (κ3) is 2.24. The van der Waals surface area contributed by atoms with Crippen molar-refractivity contribution in [2.75, 3.05) is 6.79 Å². The fourth-order valence-corrected chi connectivity index (χ4v) is 2.42. The van der Waals surface area contributed by atoms with Gasteiger partial charge < -0.3 is 14.2 Å². The molecule has 22 heavy (non-hydrogen) atoms. The average molecular weight is 292 g/mol. The predicted molar refractivity (Wildman–Crippen MR) is 81.1 cm³/mol. The highest BCUT2D eigenvalue weighted by molar-refractivity contribution is 6.05. The fraction of sp³-hybridized carbons (Fsp3) is 0.0556. The Hall–Kier alpha value is -3.01. The Kier molecular flexibility index (Phi) is 2.93. The average Bonchev–Trinajstić information content (AvgIpc) is 3.15. The zero-order chi connectivity index (χ0) is 14.9. The third-order valence-electron chi connectivity index (χ3n) is 3.50. The molecule has 0 amide bonds. The summed E-state index contributed by atoms with van der Waals surface area (Å²) in [6, 6.07) is 15.1. The van der Waals surface area contributed by atoms with Crippen LogP contribution in [-0.4, -0.2) is 12.8 Å². The van der Waals surface area contributed by atoms with E-state index in [0.717, 1.165) is 16.9 Å². The number of fused-ring (bicyclic) bond motifs is 1. The molecule has 0 fully saturated rings. The van der Waals surface area contributed by atoms with Crippen molar-refractivity contribution in [3.05, 3.63) is 71.3 Å². The van der Waals surface area contributed by atoms with Crippen molar-refractivity contribution in [2.24, 2.45) is 0 Å². The van der Waals surface area contributed by atoms with Crippen LogP contribution in [-0.2, 0) is 9.53 Å². The van der Waals surface area contributed by atoms with Crippen molar-refractivity contribution in [3.63, 3.8) is 0 Å². The first-order valence-electron chi connectivity index (χ1n) is 6.90. The molecule has 0 saturated heterocycles. The van der Waals surface area contributed by atoms with E-state index in [1.165, 1.54) is 0 Å². The number of hydrogen-bond acceptors (Lipinski definition) is 4. The molecule has 0 N–H and O–H groups in total. The summed E-state index contributed by atoms with van der Waals surface area (Å²) in [5.74, 6) is 1.62. The van der Waals surface area contributed by atoms with Gasteiger partial charge in [-0.25, -0.2) is 4.79 Å². The molecule has 0 bridgehead atoms. The molecule has 2 aromatic rings. The van der Waals surface area contributed by atoms with Gasteiger partial charge in [0.15, 0.2) is 11.5 Å². The van der Waals surface area contributed by atoms with Gasteiger partial charge in [-0.15, -0.1) is 0 Å². The summed E-state index contributed by atoms with van der Waals surface area (Å²) < 4.78 is 15.9. The molecule has 2 heterocycles. The zero-order valence-electron chi connectivity index (χ0n) is 11.6. The van der Waals surface area contributed by atoms with Crippen LogP contribution in [0.2, 0.25) is 0 Å². The maximum Gasteiger partial charge on any atom is 0.343 e. The minimum absolute atomic E-state index is 0.232. The van der Waals surface area contributed by atoms with Gasteiger partial charge in [0.1, 0.15) is 5.76 Å². The quantitative estimate of drug-likeness (QED) is 0.628. The molecule has 0 unspecified atom stereocenters. The van der Waals surface area contributed by atoms with E-state index in [0.29, 0.717) is 17.1 Å². The van der Waals surface area contributed by atoms with Gasteiger partial charge in [-0.2, -0.15) is 0 Å². The van der Waals surface area contributed by atoms with E-state index in [9.17, 15) is 4.79 Å². The van der Waals surface area contributed by atoms with Gasteiger partial charge in [-0.05, 0) is 29.8 Å². The zero-order valence-corrected chi connectivity index (χ0v) is 11.6. The van der Waals surface area contributed by atoms with Gasteiger partial charge in [-0.3, -0.25) is 0 Å². The monoisotopic (exact) mass is 292 g/mol. The number of esters is 1. The number of carbonyl (C=O) groups is 1. The molecule has 108 valence electrons. The number of hydrogen-bond donors (Lipinski definition) is 0. The molecule has 2 aliphatic heterocycles. The fourth-order valence-electron chi connectivity index (χ4n) is 2.42.